The van der Waals surface area contributed by atoms with Gasteiger partial charge in [0.25, 0.3) is 0 Å². The average Bonchev–Trinajstić information content (AvgIpc) is 2.05. The molecule has 0 fully saturated rings. The molecule has 0 spiro atoms. The zero-order chi connectivity index (χ0) is 8.55. The predicted octanol–water partition coefficient (Wildman–Crippen LogP) is 1.77. The Morgan fingerprint density at radius 3 is 3.08 bits per heavy atom. The third-order valence-electron chi connectivity index (χ3n) is 2.09. The Bertz CT molecular complexity index is 329. The van der Waals surface area contributed by atoms with E-state index < -0.39 is 0 Å². The summed E-state index contributed by atoms with van der Waals surface area (Å²) in [4.78, 5) is 0. The van der Waals surface area contributed by atoms with Gasteiger partial charge in [-0.15, -0.1) is 0 Å². The van der Waals surface area contributed by atoms with Gasteiger partial charge in [0.2, 0.25) is 0 Å². The molecule has 1 aliphatic heterocycles. The standard InChI is InChI=1S/C10H12N2/c1-8-3-4-9-7-12(2)11-6-10(9)5-8/h3-6H,7H2,1-2H3. The number of hydrogen-bond donors (Lipinski definition) is 0. The van der Waals surface area contributed by atoms with E-state index >= 15 is 0 Å². The van der Waals surface area contributed by atoms with Gasteiger partial charge in [-0.05, 0) is 18.1 Å². The highest BCUT2D eigenvalue weighted by atomic mass is 15.4. The Morgan fingerprint density at radius 2 is 2.25 bits per heavy atom. The SMILES string of the molecule is Cc1ccc2c(c1)C=NN(C)C2. The van der Waals surface area contributed by atoms with Crippen molar-refractivity contribution < 1.29 is 0 Å². The van der Waals surface area contributed by atoms with Gasteiger partial charge in [-0.3, -0.25) is 5.01 Å². The molecule has 0 amide bonds. The van der Waals surface area contributed by atoms with Gasteiger partial charge in [0.05, 0.1) is 12.8 Å². The second-order valence-corrected chi connectivity index (χ2v) is 3.26. The first-order valence-corrected chi connectivity index (χ1v) is 4.10. The van der Waals surface area contributed by atoms with Crippen LogP contribution in [0.5, 0.6) is 0 Å². The fourth-order valence-corrected chi connectivity index (χ4v) is 1.43. The van der Waals surface area contributed by atoms with Crippen LogP contribution in [0.2, 0.25) is 0 Å². The zero-order valence-electron chi connectivity index (χ0n) is 7.41. The molecule has 0 aliphatic carbocycles. The van der Waals surface area contributed by atoms with E-state index in [1.165, 1.54) is 16.7 Å². The molecule has 1 aliphatic rings. The highest BCUT2D eigenvalue weighted by Crippen LogP contribution is 2.15. The van der Waals surface area contributed by atoms with Crippen LogP contribution in [-0.4, -0.2) is 18.3 Å². The van der Waals surface area contributed by atoms with Crippen molar-refractivity contribution in [1.82, 2.24) is 5.01 Å². The summed E-state index contributed by atoms with van der Waals surface area (Å²) >= 11 is 0. The van der Waals surface area contributed by atoms with Crippen molar-refractivity contribution in [2.24, 2.45) is 5.10 Å². The maximum atomic E-state index is 4.22. The number of rotatable bonds is 0. The predicted molar refractivity (Wildman–Crippen MR) is 50.2 cm³/mol. The van der Waals surface area contributed by atoms with E-state index in [9.17, 15) is 0 Å². The number of hydrogen-bond acceptors (Lipinski definition) is 2. The number of aryl methyl sites for hydroxylation is 1. The molecule has 2 nitrogen and oxygen atoms in total. The minimum absolute atomic E-state index is 0.923. The molecule has 0 aromatic heterocycles. The van der Waals surface area contributed by atoms with Gasteiger partial charge in [-0.1, -0.05) is 23.8 Å². The third kappa shape index (κ3) is 1.20. The van der Waals surface area contributed by atoms with Crippen LogP contribution in [0.1, 0.15) is 16.7 Å². The van der Waals surface area contributed by atoms with Crippen LogP contribution in [0, 0.1) is 6.92 Å². The van der Waals surface area contributed by atoms with E-state index in [1.54, 1.807) is 0 Å². The van der Waals surface area contributed by atoms with Gasteiger partial charge in [0, 0.05) is 7.05 Å². The quantitative estimate of drug-likeness (QED) is 0.564. The zero-order valence-corrected chi connectivity index (χ0v) is 7.41. The summed E-state index contributed by atoms with van der Waals surface area (Å²) in [6, 6.07) is 6.49. The van der Waals surface area contributed by atoms with Crippen molar-refractivity contribution >= 4 is 6.21 Å². The Morgan fingerprint density at radius 1 is 1.42 bits per heavy atom. The van der Waals surface area contributed by atoms with Gasteiger partial charge < -0.3 is 0 Å². The normalized spacial score (nSPS) is 14.7. The molecule has 12 heavy (non-hydrogen) atoms. The minimum atomic E-state index is 0.923. The van der Waals surface area contributed by atoms with E-state index in [0.29, 0.717) is 0 Å². The molecule has 0 radical (unpaired) electrons. The Kier molecular flexibility index (Phi) is 1.61. The van der Waals surface area contributed by atoms with Gasteiger partial charge in [0.1, 0.15) is 0 Å². The van der Waals surface area contributed by atoms with Gasteiger partial charge in [-0.2, -0.15) is 5.10 Å². The summed E-state index contributed by atoms with van der Waals surface area (Å²) in [7, 11) is 1.99. The van der Waals surface area contributed by atoms with Crippen molar-refractivity contribution in [2.75, 3.05) is 7.05 Å². The molecule has 0 saturated heterocycles. The van der Waals surface area contributed by atoms with Crippen molar-refractivity contribution in [3.63, 3.8) is 0 Å². The number of nitrogens with zero attached hydrogens (tertiary/aromatic N) is 2. The lowest BCUT2D eigenvalue weighted by atomic mass is 10.0. The Hall–Kier alpha value is -1.31. The van der Waals surface area contributed by atoms with Gasteiger partial charge >= 0.3 is 0 Å². The van der Waals surface area contributed by atoms with Crippen LogP contribution in [0.3, 0.4) is 0 Å². The summed E-state index contributed by atoms with van der Waals surface area (Å²) in [6.07, 6.45) is 1.92. The van der Waals surface area contributed by atoms with E-state index in [0.717, 1.165) is 6.54 Å². The monoisotopic (exact) mass is 160 g/mol. The first-order chi connectivity index (χ1) is 5.75. The number of benzene rings is 1. The Balaban J connectivity index is 2.47. The smallest absolute Gasteiger partial charge is 0.0613 e. The van der Waals surface area contributed by atoms with Gasteiger partial charge in [0.15, 0.2) is 0 Å². The number of hydrazone groups is 1. The van der Waals surface area contributed by atoms with Crippen molar-refractivity contribution in [2.45, 2.75) is 13.5 Å². The summed E-state index contributed by atoms with van der Waals surface area (Å²) in [5, 5.41) is 6.16. The molecule has 2 rings (SSSR count). The topological polar surface area (TPSA) is 15.6 Å². The van der Waals surface area contributed by atoms with Gasteiger partial charge in [-0.25, -0.2) is 0 Å². The van der Waals surface area contributed by atoms with E-state index in [4.69, 9.17) is 0 Å². The highest BCUT2D eigenvalue weighted by Gasteiger charge is 2.07. The lowest BCUT2D eigenvalue weighted by Gasteiger charge is -2.19. The second-order valence-electron chi connectivity index (χ2n) is 3.26. The minimum Gasteiger partial charge on any atom is -0.296 e. The number of fused-ring (bicyclic) bond motifs is 1. The van der Waals surface area contributed by atoms with Crippen molar-refractivity contribution in [3.8, 4) is 0 Å². The van der Waals surface area contributed by atoms with E-state index in [2.05, 4.69) is 30.2 Å². The lowest BCUT2D eigenvalue weighted by molar-refractivity contribution is 0.343. The molecule has 0 bridgehead atoms. The molecule has 0 N–H and O–H groups in total. The fraction of sp³-hybridized carbons (Fsp3) is 0.300. The van der Waals surface area contributed by atoms with E-state index in [-0.39, 0.29) is 0 Å². The van der Waals surface area contributed by atoms with Crippen molar-refractivity contribution in [3.05, 3.63) is 34.9 Å². The first-order valence-electron chi connectivity index (χ1n) is 4.10. The van der Waals surface area contributed by atoms with Crippen LogP contribution in [-0.2, 0) is 6.54 Å². The Labute approximate surface area is 72.5 Å². The third-order valence-corrected chi connectivity index (χ3v) is 2.09. The van der Waals surface area contributed by atoms with E-state index in [1.807, 2.05) is 18.3 Å². The fourth-order valence-electron chi connectivity index (χ4n) is 1.43. The highest BCUT2D eigenvalue weighted by molar-refractivity contribution is 5.82. The maximum absolute atomic E-state index is 4.22. The van der Waals surface area contributed by atoms with Crippen LogP contribution in [0.25, 0.3) is 0 Å². The molecule has 2 heteroatoms. The van der Waals surface area contributed by atoms with Crippen LogP contribution >= 0.6 is 0 Å². The molecule has 0 unspecified atom stereocenters. The maximum Gasteiger partial charge on any atom is 0.0613 e. The summed E-state index contributed by atoms with van der Waals surface area (Å²) in [5.41, 5.74) is 3.91. The summed E-state index contributed by atoms with van der Waals surface area (Å²) in [6.45, 7) is 3.03. The second kappa shape index (κ2) is 2.63. The average molecular weight is 160 g/mol. The lowest BCUT2D eigenvalue weighted by Crippen LogP contribution is -2.16. The largest absolute Gasteiger partial charge is 0.296 e. The van der Waals surface area contributed by atoms with Crippen LogP contribution < -0.4 is 0 Å². The molecule has 1 heterocycles. The summed E-state index contributed by atoms with van der Waals surface area (Å²) in [5.74, 6) is 0. The van der Waals surface area contributed by atoms with Crippen molar-refractivity contribution in [1.29, 1.82) is 0 Å². The molecule has 0 saturated carbocycles. The molecule has 0 atom stereocenters. The van der Waals surface area contributed by atoms with Crippen LogP contribution in [0.15, 0.2) is 23.3 Å². The molecule has 1 aromatic rings. The molecule has 1 aromatic carbocycles. The summed E-state index contributed by atoms with van der Waals surface area (Å²) < 4.78 is 0. The molecular weight excluding hydrogens is 148 g/mol. The molecular formula is C10H12N2. The first kappa shape index (κ1) is 7.35. The molecule has 62 valence electrons. The van der Waals surface area contributed by atoms with Crippen LogP contribution in [0.4, 0.5) is 0 Å².